The van der Waals surface area contributed by atoms with Crippen LogP contribution in [0.2, 0.25) is 5.02 Å². The average molecular weight is 363 g/mol. The highest BCUT2D eigenvalue weighted by atomic mass is 35.5. The molecule has 0 atom stereocenters. The van der Waals surface area contributed by atoms with Gasteiger partial charge in [0.25, 0.3) is 5.91 Å². The summed E-state index contributed by atoms with van der Waals surface area (Å²) in [5, 5.41) is 3.96. The van der Waals surface area contributed by atoms with Crippen LogP contribution in [0, 0.1) is 6.92 Å². The van der Waals surface area contributed by atoms with Crippen LogP contribution in [-0.4, -0.2) is 18.0 Å². The molecule has 0 spiro atoms. The van der Waals surface area contributed by atoms with E-state index in [4.69, 9.17) is 20.8 Å². The molecular weight excluding hydrogens is 348 g/mol. The van der Waals surface area contributed by atoms with Crippen molar-refractivity contribution in [3.8, 4) is 11.3 Å². The molecule has 0 saturated carbocycles. The minimum Gasteiger partial charge on any atom is -0.453 e. The number of amides is 1. The van der Waals surface area contributed by atoms with Crippen LogP contribution in [0.4, 0.5) is 5.13 Å². The summed E-state index contributed by atoms with van der Waals surface area (Å²) in [6.45, 7) is 2.28. The van der Waals surface area contributed by atoms with E-state index >= 15 is 0 Å². The number of hydrogen-bond donors (Lipinski definition) is 1. The number of aryl methyl sites for hydroxylation is 1. The Morgan fingerprint density at radius 3 is 2.75 bits per heavy atom. The Balaban J connectivity index is 1.77. The molecule has 2 heterocycles. The summed E-state index contributed by atoms with van der Waals surface area (Å²) in [7, 11) is 1.57. The molecule has 3 aromatic rings. The molecule has 1 amide bonds. The van der Waals surface area contributed by atoms with Gasteiger partial charge in [-0.25, -0.2) is 4.98 Å². The van der Waals surface area contributed by atoms with Gasteiger partial charge < -0.3 is 9.15 Å². The van der Waals surface area contributed by atoms with Gasteiger partial charge in [-0.2, -0.15) is 0 Å². The molecule has 0 bridgehead atoms. The molecule has 3 rings (SSSR count). The van der Waals surface area contributed by atoms with Gasteiger partial charge in [0.05, 0.1) is 5.69 Å². The smallest absolute Gasteiger partial charge is 0.293 e. The van der Waals surface area contributed by atoms with Crippen molar-refractivity contribution in [1.82, 2.24) is 4.98 Å². The van der Waals surface area contributed by atoms with E-state index in [1.165, 1.54) is 11.3 Å². The predicted octanol–water partition coefficient (Wildman–Crippen LogP) is 4.76. The van der Waals surface area contributed by atoms with E-state index in [2.05, 4.69) is 10.3 Å². The summed E-state index contributed by atoms with van der Waals surface area (Å²) in [4.78, 5) is 17.7. The van der Waals surface area contributed by atoms with Crippen LogP contribution in [-0.2, 0) is 11.3 Å². The minimum atomic E-state index is -0.339. The Morgan fingerprint density at radius 2 is 2.04 bits per heavy atom. The maximum Gasteiger partial charge on any atom is 0.293 e. The standard InChI is InChI=1S/C17H15ClN2O3S/c1-10-15(11-3-5-12(18)6-4-11)19-17(24-10)20-16(21)14-8-7-13(23-14)9-22-2/h3-8H,9H2,1-2H3,(H,19,20,21). The van der Waals surface area contributed by atoms with Crippen LogP contribution < -0.4 is 5.32 Å². The van der Waals surface area contributed by atoms with E-state index in [9.17, 15) is 4.79 Å². The molecule has 0 fully saturated rings. The van der Waals surface area contributed by atoms with Crippen LogP contribution in [0.3, 0.4) is 0 Å². The summed E-state index contributed by atoms with van der Waals surface area (Å²) < 4.78 is 10.4. The van der Waals surface area contributed by atoms with Gasteiger partial charge in [-0.05, 0) is 31.2 Å². The Kier molecular flexibility index (Phi) is 4.99. The average Bonchev–Trinajstić information content (AvgIpc) is 3.16. The number of benzene rings is 1. The number of furan rings is 1. The number of carbonyl (C=O) groups excluding carboxylic acids is 1. The molecule has 24 heavy (non-hydrogen) atoms. The fourth-order valence-corrected chi connectivity index (χ4v) is 3.16. The SMILES string of the molecule is COCc1ccc(C(=O)Nc2nc(-c3ccc(Cl)cc3)c(C)s2)o1. The molecule has 0 aliphatic heterocycles. The maximum absolute atomic E-state index is 12.2. The van der Waals surface area contributed by atoms with Crippen molar-refractivity contribution in [2.45, 2.75) is 13.5 Å². The van der Waals surface area contributed by atoms with E-state index in [1.807, 2.05) is 31.2 Å². The lowest BCUT2D eigenvalue weighted by Crippen LogP contribution is -2.10. The van der Waals surface area contributed by atoms with Gasteiger partial charge in [0, 0.05) is 22.6 Å². The summed E-state index contributed by atoms with van der Waals surface area (Å²) in [5.74, 6) is 0.483. The second kappa shape index (κ2) is 7.17. The molecule has 1 N–H and O–H groups in total. The van der Waals surface area contributed by atoms with Crippen molar-refractivity contribution < 1.29 is 13.9 Å². The van der Waals surface area contributed by atoms with E-state index in [1.54, 1.807) is 19.2 Å². The molecule has 0 unspecified atom stereocenters. The Morgan fingerprint density at radius 1 is 1.29 bits per heavy atom. The second-order valence-electron chi connectivity index (χ2n) is 5.08. The second-order valence-corrected chi connectivity index (χ2v) is 6.72. The van der Waals surface area contributed by atoms with Crippen LogP contribution in [0.15, 0.2) is 40.8 Å². The first kappa shape index (κ1) is 16.7. The van der Waals surface area contributed by atoms with Gasteiger partial charge in [0.1, 0.15) is 12.4 Å². The molecule has 0 aliphatic rings. The molecule has 0 radical (unpaired) electrons. The van der Waals surface area contributed by atoms with Crippen molar-refractivity contribution in [2.24, 2.45) is 0 Å². The number of ether oxygens (including phenoxy) is 1. The third kappa shape index (κ3) is 3.67. The number of nitrogens with zero attached hydrogens (tertiary/aromatic N) is 1. The first-order chi connectivity index (χ1) is 11.6. The van der Waals surface area contributed by atoms with E-state index < -0.39 is 0 Å². The number of methoxy groups -OCH3 is 1. The normalized spacial score (nSPS) is 10.8. The fraction of sp³-hybridized carbons (Fsp3) is 0.176. The minimum absolute atomic E-state index is 0.225. The Hall–Kier alpha value is -2.15. The lowest BCUT2D eigenvalue weighted by atomic mass is 10.1. The van der Waals surface area contributed by atoms with E-state index in [-0.39, 0.29) is 11.7 Å². The number of anilines is 1. The van der Waals surface area contributed by atoms with Gasteiger partial charge in [-0.3, -0.25) is 10.1 Å². The van der Waals surface area contributed by atoms with Gasteiger partial charge in [-0.15, -0.1) is 11.3 Å². The molecule has 7 heteroatoms. The Bertz CT molecular complexity index is 855. The van der Waals surface area contributed by atoms with Crippen LogP contribution in [0.25, 0.3) is 11.3 Å². The third-order valence-corrected chi connectivity index (χ3v) is 4.44. The molecule has 124 valence electrons. The zero-order valence-electron chi connectivity index (χ0n) is 13.1. The molecule has 0 aliphatic carbocycles. The van der Waals surface area contributed by atoms with Crippen molar-refractivity contribution in [3.05, 3.63) is 57.8 Å². The van der Waals surface area contributed by atoms with Gasteiger partial charge in [0.2, 0.25) is 0 Å². The van der Waals surface area contributed by atoms with Crippen LogP contribution in [0.5, 0.6) is 0 Å². The number of hydrogen-bond acceptors (Lipinski definition) is 5. The Labute approximate surface area is 148 Å². The maximum atomic E-state index is 12.2. The highest BCUT2D eigenvalue weighted by molar-refractivity contribution is 7.16. The van der Waals surface area contributed by atoms with Gasteiger partial charge in [-0.1, -0.05) is 23.7 Å². The van der Waals surface area contributed by atoms with Crippen molar-refractivity contribution in [1.29, 1.82) is 0 Å². The molecule has 1 aromatic carbocycles. The molecule has 2 aromatic heterocycles. The van der Waals surface area contributed by atoms with Gasteiger partial charge >= 0.3 is 0 Å². The molecular formula is C17H15ClN2O3S. The monoisotopic (exact) mass is 362 g/mol. The number of halogens is 1. The third-order valence-electron chi connectivity index (χ3n) is 3.31. The van der Waals surface area contributed by atoms with Crippen molar-refractivity contribution in [3.63, 3.8) is 0 Å². The number of thiazole rings is 1. The topological polar surface area (TPSA) is 64.4 Å². The molecule has 0 saturated heterocycles. The highest BCUT2D eigenvalue weighted by Gasteiger charge is 2.15. The first-order valence-electron chi connectivity index (χ1n) is 7.19. The number of nitrogens with one attached hydrogen (secondary N) is 1. The lowest BCUT2D eigenvalue weighted by Gasteiger charge is -1.99. The lowest BCUT2D eigenvalue weighted by molar-refractivity contribution is 0.0987. The summed E-state index contributed by atoms with van der Waals surface area (Å²) in [5.41, 5.74) is 1.78. The first-order valence-corrected chi connectivity index (χ1v) is 8.38. The predicted molar refractivity (Wildman–Crippen MR) is 94.7 cm³/mol. The number of carbonyl (C=O) groups is 1. The van der Waals surface area contributed by atoms with Crippen molar-refractivity contribution >= 4 is 34.0 Å². The zero-order valence-corrected chi connectivity index (χ0v) is 14.7. The van der Waals surface area contributed by atoms with Crippen molar-refractivity contribution in [2.75, 3.05) is 12.4 Å². The van der Waals surface area contributed by atoms with Gasteiger partial charge in [0.15, 0.2) is 10.9 Å². The summed E-state index contributed by atoms with van der Waals surface area (Å²) >= 11 is 7.32. The number of rotatable bonds is 5. The fourth-order valence-electron chi connectivity index (χ4n) is 2.20. The largest absolute Gasteiger partial charge is 0.453 e. The summed E-state index contributed by atoms with van der Waals surface area (Å²) in [6.07, 6.45) is 0. The zero-order chi connectivity index (χ0) is 17.1. The van der Waals surface area contributed by atoms with E-state index in [0.717, 1.165) is 16.1 Å². The van der Waals surface area contributed by atoms with Crippen LogP contribution in [0.1, 0.15) is 21.2 Å². The van der Waals surface area contributed by atoms with Crippen LogP contribution >= 0.6 is 22.9 Å². The highest BCUT2D eigenvalue weighted by Crippen LogP contribution is 2.31. The van der Waals surface area contributed by atoms with E-state index in [0.29, 0.717) is 22.5 Å². The summed E-state index contributed by atoms with van der Waals surface area (Å²) in [6, 6.07) is 10.8. The molecule has 5 nitrogen and oxygen atoms in total. The number of aromatic nitrogens is 1. The quantitative estimate of drug-likeness (QED) is 0.710.